The maximum Gasteiger partial charge on any atom is 0.358 e. The van der Waals surface area contributed by atoms with Crippen LogP contribution in [0, 0.1) is 0 Å². The van der Waals surface area contributed by atoms with Crippen molar-refractivity contribution >= 4 is 11.8 Å². The SMILES string of the molecule is CCOC(=O)c1cnc(N2CCCNCC2)cn1. The van der Waals surface area contributed by atoms with Crippen LogP contribution in [0.5, 0.6) is 0 Å². The van der Waals surface area contributed by atoms with Gasteiger partial charge in [0.25, 0.3) is 0 Å². The molecule has 2 heterocycles. The standard InChI is InChI=1S/C12H18N4O2/c1-2-18-12(17)10-8-15-11(9-14-10)16-6-3-4-13-5-7-16/h8-9,13H,2-7H2,1H3. The van der Waals surface area contributed by atoms with Gasteiger partial charge in [-0.1, -0.05) is 0 Å². The number of ether oxygens (including phenoxy) is 1. The van der Waals surface area contributed by atoms with Gasteiger partial charge in [-0.2, -0.15) is 0 Å². The Kier molecular flexibility index (Phi) is 4.46. The van der Waals surface area contributed by atoms with E-state index >= 15 is 0 Å². The quantitative estimate of drug-likeness (QED) is 0.786. The topological polar surface area (TPSA) is 67.3 Å². The van der Waals surface area contributed by atoms with Crippen LogP contribution in [0.1, 0.15) is 23.8 Å². The molecule has 0 unspecified atom stereocenters. The van der Waals surface area contributed by atoms with Crippen molar-refractivity contribution < 1.29 is 9.53 Å². The van der Waals surface area contributed by atoms with Crippen LogP contribution >= 0.6 is 0 Å². The number of carbonyl (C=O) groups is 1. The molecule has 0 aliphatic carbocycles. The van der Waals surface area contributed by atoms with E-state index < -0.39 is 5.97 Å². The molecule has 0 saturated carbocycles. The van der Waals surface area contributed by atoms with Gasteiger partial charge in [-0.3, -0.25) is 0 Å². The molecule has 6 nitrogen and oxygen atoms in total. The molecular formula is C12H18N4O2. The molecule has 18 heavy (non-hydrogen) atoms. The van der Waals surface area contributed by atoms with Crippen molar-refractivity contribution in [2.24, 2.45) is 0 Å². The van der Waals surface area contributed by atoms with Crippen molar-refractivity contribution in [3.63, 3.8) is 0 Å². The molecule has 1 saturated heterocycles. The minimum absolute atomic E-state index is 0.258. The number of anilines is 1. The van der Waals surface area contributed by atoms with Gasteiger partial charge in [-0.25, -0.2) is 14.8 Å². The lowest BCUT2D eigenvalue weighted by Crippen LogP contribution is -2.28. The summed E-state index contributed by atoms with van der Waals surface area (Å²) < 4.78 is 4.87. The second-order valence-corrected chi connectivity index (χ2v) is 4.07. The highest BCUT2D eigenvalue weighted by molar-refractivity contribution is 5.86. The first-order valence-corrected chi connectivity index (χ1v) is 6.26. The van der Waals surface area contributed by atoms with E-state index in [0.717, 1.165) is 38.4 Å². The number of nitrogens with one attached hydrogen (secondary N) is 1. The normalized spacial score (nSPS) is 16.2. The van der Waals surface area contributed by atoms with E-state index in [0.29, 0.717) is 6.61 Å². The Morgan fingerprint density at radius 3 is 3.00 bits per heavy atom. The zero-order valence-corrected chi connectivity index (χ0v) is 10.6. The molecular weight excluding hydrogens is 232 g/mol. The molecule has 0 amide bonds. The number of aromatic nitrogens is 2. The number of rotatable bonds is 3. The Bertz CT molecular complexity index is 386. The third-order valence-electron chi connectivity index (χ3n) is 2.79. The fraction of sp³-hybridized carbons (Fsp3) is 0.583. The van der Waals surface area contributed by atoms with E-state index in [9.17, 15) is 4.79 Å². The van der Waals surface area contributed by atoms with E-state index in [1.165, 1.54) is 6.20 Å². The minimum Gasteiger partial charge on any atom is -0.461 e. The lowest BCUT2D eigenvalue weighted by molar-refractivity contribution is 0.0519. The maximum atomic E-state index is 11.4. The Hall–Kier alpha value is -1.69. The number of nitrogens with zero attached hydrogens (tertiary/aromatic N) is 3. The van der Waals surface area contributed by atoms with E-state index in [1.807, 2.05) is 0 Å². The summed E-state index contributed by atoms with van der Waals surface area (Å²) in [6.45, 7) is 5.96. The highest BCUT2D eigenvalue weighted by Gasteiger charge is 2.13. The van der Waals surface area contributed by atoms with Crippen molar-refractivity contribution in [2.75, 3.05) is 37.7 Å². The highest BCUT2D eigenvalue weighted by atomic mass is 16.5. The average molecular weight is 250 g/mol. The molecule has 6 heteroatoms. The summed E-state index contributed by atoms with van der Waals surface area (Å²) in [6, 6.07) is 0. The summed E-state index contributed by atoms with van der Waals surface area (Å²) in [4.78, 5) is 22.0. The van der Waals surface area contributed by atoms with Crippen LogP contribution in [0.2, 0.25) is 0 Å². The minimum atomic E-state index is -0.422. The number of carbonyl (C=O) groups excluding carboxylic acids is 1. The van der Waals surface area contributed by atoms with Crippen molar-refractivity contribution in [1.29, 1.82) is 0 Å². The lowest BCUT2D eigenvalue weighted by atomic mass is 10.4. The van der Waals surface area contributed by atoms with Crippen LogP contribution in [0.4, 0.5) is 5.82 Å². The van der Waals surface area contributed by atoms with E-state index in [2.05, 4.69) is 20.2 Å². The first-order valence-electron chi connectivity index (χ1n) is 6.26. The molecule has 1 N–H and O–H groups in total. The Morgan fingerprint density at radius 2 is 2.28 bits per heavy atom. The first-order chi connectivity index (χ1) is 8.81. The molecule has 0 bridgehead atoms. The smallest absolute Gasteiger partial charge is 0.358 e. The molecule has 1 fully saturated rings. The maximum absolute atomic E-state index is 11.4. The van der Waals surface area contributed by atoms with Gasteiger partial charge in [0, 0.05) is 19.6 Å². The van der Waals surface area contributed by atoms with Gasteiger partial charge in [0.05, 0.1) is 19.0 Å². The predicted octanol–water partition coefficient (Wildman–Crippen LogP) is 0.453. The van der Waals surface area contributed by atoms with Crippen LogP contribution < -0.4 is 10.2 Å². The molecule has 1 aromatic heterocycles. The van der Waals surface area contributed by atoms with Gasteiger partial charge in [-0.15, -0.1) is 0 Å². The van der Waals surface area contributed by atoms with Crippen LogP contribution in [0.3, 0.4) is 0 Å². The summed E-state index contributed by atoms with van der Waals surface area (Å²) in [7, 11) is 0. The molecule has 0 aromatic carbocycles. The van der Waals surface area contributed by atoms with E-state index in [4.69, 9.17) is 4.74 Å². The number of hydrogen-bond donors (Lipinski definition) is 1. The predicted molar refractivity (Wildman–Crippen MR) is 67.7 cm³/mol. The molecule has 1 aromatic rings. The fourth-order valence-electron chi connectivity index (χ4n) is 1.87. The molecule has 2 rings (SSSR count). The first kappa shape index (κ1) is 12.8. The van der Waals surface area contributed by atoms with Crippen molar-refractivity contribution in [1.82, 2.24) is 15.3 Å². The summed E-state index contributed by atoms with van der Waals surface area (Å²) in [5.74, 6) is 0.390. The van der Waals surface area contributed by atoms with Gasteiger partial charge in [0.15, 0.2) is 5.69 Å². The summed E-state index contributed by atoms with van der Waals surface area (Å²) >= 11 is 0. The van der Waals surface area contributed by atoms with E-state index in [1.54, 1.807) is 13.1 Å². The number of hydrogen-bond acceptors (Lipinski definition) is 6. The molecule has 0 radical (unpaired) electrons. The third-order valence-corrected chi connectivity index (χ3v) is 2.79. The second-order valence-electron chi connectivity index (χ2n) is 4.07. The van der Waals surface area contributed by atoms with Gasteiger partial charge in [-0.05, 0) is 19.9 Å². The Labute approximate surface area is 106 Å². The summed E-state index contributed by atoms with van der Waals surface area (Å²) in [5, 5.41) is 3.33. The van der Waals surface area contributed by atoms with Crippen LogP contribution in [0.25, 0.3) is 0 Å². The van der Waals surface area contributed by atoms with Crippen LogP contribution in [0.15, 0.2) is 12.4 Å². The molecule has 0 spiro atoms. The summed E-state index contributed by atoms with van der Waals surface area (Å²) in [5.41, 5.74) is 0.258. The zero-order chi connectivity index (χ0) is 12.8. The third kappa shape index (κ3) is 3.16. The molecule has 1 aliphatic rings. The second kappa shape index (κ2) is 6.30. The van der Waals surface area contributed by atoms with Crippen molar-refractivity contribution in [2.45, 2.75) is 13.3 Å². The monoisotopic (exact) mass is 250 g/mol. The molecule has 0 atom stereocenters. The van der Waals surface area contributed by atoms with Crippen LogP contribution in [-0.4, -0.2) is 48.7 Å². The Morgan fingerprint density at radius 1 is 1.39 bits per heavy atom. The van der Waals surface area contributed by atoms with Crippen molar-refractivity contribution in [3.8, 4) is 0 Å². The number of esters is 1. The molecule has 1 aliphatic heterocycles. The average Bonchev–Trinajstić information content (AvgIpc) is 2.68. The Balaban J connectivity index is 2.04. The summed E-state index contributed by atoms with van der Waals surface area (Å²) in [6.07, 6.45) is 4.20. The lowest BCUT2D eigenvalue weighted by Gasteiger charge is -2.20. The van der Waals surface area contributed by atoms with Gasteiger partial charge >= 0.3 is 5.97 Å². The van der Waals surface area contributed by atoms with Gasteiger partial charge < -0.3 is 15.0 Å². The van der Waals surface area contributed by atoms with E-state index in [-0.39, 0.29) is 5.69 Å². The largest absolute Gasteiger partial charge is 0.461 e. The zero-order valence-electron chi connectivity index (χ0n) is 10.6. The highest BCUT2D eigenvalue weighted by Crippen LogP contribution is 2.10. The van der Waals surface area contributed by atoms with Gasteiger partial charge in [0.2, 0.25) is 0 Å². The fourth-order valence-corrected chi connectivity index (χ4v) is 1.87. The van der Waals surface area contributed by atoms with Crippen LogP contribution in [-0.2, 0) is 4.74 Å². The van der Waals surface area contributed by atoms with Crippen molar-refractivity contribution in [3.05, 3.63) is 18.1 Å². The van der Waals surface area contributed by atoms with Gasteiger partial charge in [0.1, 0.15) is 5.82 Å². The molecule has 98 valence electrons.